The minimum absolute atomic E-state index is 0.0644. The van der Waals surface area contributed by atoms with E-state index in [1.807, 2.05) is 24.3 Å². The molecule has 0 saturated heterocycles. The number of rotatable bonds is 6. The van der Waals surface area contributed by atoms with Crippen molar-refractivity contribution in [3.63, 3.8) is 0 Å². The predicted octanol–water partition coefficient (Wildman–Crippen LogP) is 4.66. The van der Waals surface area contributed by atoms with Crippen LogP contribution in [0, 0.1) is 0 Å². The summed E-state index contributed by atoms with van der Waals surface area (Å²) in [6.07, 6.45) is 0. The zero-order valence-electron chi connectivity index (χ0n) is 13.7. The maximum absolute atomic E-state index is 12.3. The second kappa shape index (κ2) is 8.45. The number of halogens is 1. The van der Waals surface area contributed by atoms with Gasteiger partial charge in [-0.2, -0.15) is 0 Å². The third-order valence-corrected chi connectivity index (χ3v) is 4.22. The summed E-state index contributed by atoms with van der Waals surface area (Å²) in [5.41, 5.74) is 1.18. The van der Waals surface area contributed by atoms with Gasteiger partial charge in [0.15, 0.2) is 12.4 Å². The van der Waals surface area contributed by atoms with Crippen LogP contribution in [0.5, 0.6) is 11.5 Å². The lowest BCUT2D eigenvalue weighted by molar-refractivity contribution is -0.136. The molecule has 0 fully saturated rings. The van der Waals surface area contributed by atoms with Crippen molar-refractivity contribution in [2.24, 2.45) is 0 Å². The number of hydrogen-bond acceptors (Lipinski definition) is 4. The second-order valence-corrected chi connectivity index (χ2v) is 6.27. The summed E-state index contributed by atoms with van der Waals surface area (Å²) in [7, 11) is 0. The zero-order valence-corrected chi connectivity index (χ0v) is 15.3. The summed E-state index contributed by atoms with van der Waals surface area (Å²) in [6.45, 7) is -0.229. The van der Waals surface area contributed by atoms with Crippen LogP contribution in [0.1, 0.15) is 15.9 Å². The van der Waals surface area contributed by atoms with Gasteiger partial charge in [-0.15, -0.1) is 0 Å². The van der Waals surface area contributed by atoms with Gasteiger partial charge in [0.1, 0.15) is 11.5 Å². The van der Waals surface area contributed by atoms with Crippen LogP contribution >= 0.6 is 15.9 Å². The number of carbonyl (C=O) groups excluding carboxylic acids is 2. The van der Waals surface area contributed by atoms with Crippen molar-refractivity contribution in [3.8, 4) is 11.5 Å². The standard InChI is InChI=1S/C21H15BrO4/c22-18-8-4-5-9-19(18)26-20(23)14-25-17-12-10-16(11-13-17)21(24)15-6-2-1-3-7-15/h1-13H,14H2. The fraction of sp³-hybridized carbons (Fsp3) is 0.0476. The van der Waals surface area contributed by atoms with Gasteiger partial charge in [0.2, 0.25) is 0 Å². The van der Waals surface area contributed by atoms with E-state index >= 15 is 0 Å². The molecule has 3 aromatic carbocycles. The van der Waals surface area contributed by atoms with Crippen molar-refractivity contribution in [3.05, 3.63) is 94.5 Å². The first kappa shape index (κ1) is 17.9. The van der Waals surface area contributed by atoms with Gasteiger partial charge >= 0.3 is 5.97 Å². The maximum Gasteiger partial charge on any atom is 0.349 e. The van der Waals surface area contributed by atoms with Crippen molar-refractivity contribution in [2.45, 2.75) is 0 Å². The Labute approximate surface area is 159 Å². The highest BCUT2D eigenvalue weighted by molar-refractivity contribution is 9.10. The molecule has 0 N–H and O–H groups in total. The highest BCUT2D eigenvalue weighted by Crippen LogP contribution is 2.24. The normalized spacial score (nSPS) is 10.2. The minimum atomic E-state index is -0.513. The van der Waals surface area contributed by atoms with Gasteiger partial charge in [-0.3, -0.25) is 4.79 Å². The Bertz CT molecular complexity index is 905. The van der Waals surface area contributed by atoms with Crippen molar-refractivity contribution >= 4 is 27.7 Å². The number of ether oxygens (including phenoxy) is 2. The first-order valence-corrected chi connectivity index (χ1v) is 8.70. The first-order chi connectivity index (χ1) is 12.6. The molecule has 26 heavy (non-hydrogen) atoms. The molecule has 0 aliphatic rings. The number of benzene rings is 3. The van der Waals surface area contributed by atoms with Gasteiger partial charge in [-0.25, -0.2) is 4.79 Å². The molecular weight excluding hydrogens is 396 g/mol. The summed E-state index contributed by atoms with van der Waals surface area (Å²) in [6, 6.07) is 22.8. The highest BCUT2D eigenvalue weighted by atomic mass is 79.9. The fourth-order valence-corrected chi connectivity index (χ4v) is 2.65. The van der Waals surface area contributed by atoms with Gasteiger partial charge in [0.05, 0.1) is 4.47 Å². The van der Waals surface area contributed by atoms with Crippen LogP contribution in [0.4, 0.5) is 0 Å². The van der Waals surface area contributed by atoms with E-state index in [-0.39, 0.29) is 12.4 Å². The fourth-order valence-electron chi connectivity index (χ4n) is 2.28. The largest absolute Gasteiger partial charge is 0.482 e. The summed E-state index contributed by atoms with van der Waals surface area (Å²) < 4.78 is 11.3. The molecule has 0 atom stereocenters. The van der Waals surface area contributed by atoms with Crippen LogP contribution in [0.2, 0.25) is 0 Å². The van der Waals surface area contributed by atoms with Gasteiger partial charge < -0.3 is 9.47 Å². The monoisotopic (exact) mass is 410 g/mol. The number of ketones is 1. The van der Waals surface area contributed by atoms with Gasteiger partial charge in [-0.05, 0) is 52.3 Å². The van der Waals surface area contributed by atoms with E-state index in [1.165, 1.54) is 0 Å². The Hall–Kier alpha value is -2.92. The molecule has 0 spiro atoms. The molecule has 3 aromatic rings. The van der Waals surface area contributed by atoms with E-state index < -0.39 is 5.97 Å². The van der Waals surface area contributed by atoms with Crippen molar-refractivity contribution in [2.75, 3.05) is 6.61 Å². The van der Waals surface area contributed by atoms with Crippen molar-refractivity contribution < 1.29 is 19.1 Å². The molecule has 0 unspecified atom stereocenters. The molecule has 0 heterocycles. The van der Waals surface area contributed by atoms with E-state index in [9.17, 15) is 9.59 Å². The molecule has 5 heteroatoms. The van der Waals surface area contributed by atoms with Crippen LogP contribution in [-0.4, -0.2) is 18.4 Å². The van der Waals surface area contributed by atoms with Gasteiger partial charge in [-0.1, -0.05) is 42.5 Å². The summed E-state index contributed by atoms with van der Waals surface area (Å²) >= 11 is 3.31. The lowest BCUT2D eigenvalue weighted by Gasteiger charge is -2.08. The smallest absolute Gasteiger partial charge is 0.349 e. The number of para-hydroxylation sites is 1. The molecule has 3 rings (SSSR count). The summed E-state index contributed by atoms with van der Waals surface area (Å²) in [5.74, 6) is 0.343. The molecule has 0 saturated carbocycles. The predicted molar refractivity (Wildman–Crippen MR) is 102 cm³/mol. The third-order valence-electron chi connectivity index (χ3n) is 3.57. The number of carbonyl (C=O) groups is 2. The Balaban J connectivity index is 1.57. The summed E-state index contributed by atoms with van der Waals surface area (Å²) in [5, 5.41) is 0. The average Bonchev–Trinajstić information content (AvgIpc) is 2.69. The van der Waals surface area contributed by atoms with E-state index in [0.29, 0.717) is 27.1 Å². The molecule has 4 nitrogen and oxygen atoms in total. The third kappa shape index (κ3) is 4.58. The molecule has 0 radical (unpaired) electrons. The Morgan fingerprint density at radius 1 is 0.769 bits per heavy atom. The molecule has 0 amide bonds. The maximum atomic E-state index is 12.3. The number of esters is 1. The molecule has 0 aliphatic carbocycles. The minimum Gasteiger partial charge on any atom is -0.482 e. The van der Waals surface area contributed by atoms with Crippen LogP contribution in [0.25, 0.3) is 0 Å². The van der Waals surface area contributed by atoms with Crippen molar-refractivity contribution in [1.82, 2.24) is 0 Å². The van der Waals surface area contributed by atoms with Crippen LogP contribution in [0.3, 0.4) is 0 Å². The van der Waals surface area contributed by atoms with Crippen LogP contribution in [-0.2, 0) is 4.79 Å². The van der Waals surface area contributed by atoms with E-state index in [1.54, 1.807) is 54.6 Å². The Morgan fingerprint density at radius 3 is 2.08 bits per heavy atom. The van der Waals surface area contributed by atoms with Crippen LogP contribution < -0.4 is 9.47 Å². The zero-order chi connectivity index (χ0) is 18.4. The van der Waals surface area contributed by atoms with Gasteiger partial charge in [0, 0.05) is 11.1 Å². The topological polar surface area (TPSA) is 52.6 Å². The van der Waals surface area contributed by atoms with E-state index in [0.717, 1.165) is 0 Å². The molecule has 130 valence electrons. The first-order valence-electron chi connectivity index (χ1n) is 7.91. The molecule has 0 bridgehead atoms. The highest BCUT2D eigenvalue weighted by Gasteiger charge is 2.10. The van der Waals surface area contributed by atoms with Crippen LogP contribution in [0.15, 0.2) is 83.3 Å². The lowest BCUT2D eigenvalue weighted by Crippen LogP contribution is -2.17. The molecular formula is C21H15BrO4. The lowest BCUT2D eigenvalue weighted by atomic mass is 10.0. The van der Waals surface area contributed by atoms with E-state index in [4.69, 9.17) is 9.47 Å². The quantitative estimate of drug-likeness (QED) is 0.336. The SMILES string of the molecule is O=C(COc1ccc(C(=O)c2ccccc2)cc1)Oc1ccccc1Br. The average molecular weight is 411 g/mol. The summed E-state index contributed by atoms with van der Waals surface area (Å²) in [4.78, 5) is 24.2. The molecule has 0 aromatic heterocycles. The number of hydrogen-bond donors (Lipinski definition) is 0. The van der Waals surface area contributed by atoms with E-state index in [2.05, 4.69) is 15.9 Å². The second-order valence-electron chi connectivity index (χ2n) is 5.41. The Morgan fingerprint density at radius 2 is 1.38 bits per heavy atom. The Kier molecular flexibility index (Phi) is 5.81. The van der Waals surface area contributed by atoms with Gasteiger partial charge in [0.25, 0.3) is 0 Å². The molecule has 0 aliphatic heterocycles. The van der Waals surface area contributed by atoms with Crippen molar-refractivity contribution in [1.29, 1.82) is 0 Å².